The van der Waals surface area contributed by atoms with E-state index < -0.39 is 6.03 Å². The Hall–Kier alpha value is -4.05. The summed E-state index contributed by atoms with van der Waals surface area (Å²) in [5, 5.41) is 9.40. The van der Waals surface area contributed by atoms with E-state index in [9.17, 15) is 9.59 Å². The van der Waals surface area contributed by atoms with Gasteiger partial charge < -0.3 is 14.6 Å². The summed E-state index contributed by atoms with van der Waals surface area (Å²) in [4.78, 5) is 34.8. The van der Waals surface area contributed by atoms with E-state index in [4.69, 9.17) is 9.26 Å². The fourth-order valence-corrected chi connectivity index (χ4v) is 3.85. The van der Waals surface area contributed by atoms with E-state index in [-0.39, 0.29) is 5.78 Å². The molecule has 2 aromatic carbocycles. The fraction of sp³-hybridized carbons (Fsp3) is 0.136. The van der Waals surface area contributed by atoms with E-state index in [1.807, 2.05) is 13.0 Å². The summed E-state index contributed by atoms with van der Waals surface area (Å²) >= 11 is 1.29. The van der Waals surface area contributed by atoms with E-state index in [0.717, 1.165) is 10.4 Å². The number of hydrogen-bond acceptors (Lipinski definition) is 8. The number of thiazole rings is 1. The molecule has 0 saturated heterocycles. The van der Waals surface area contributed by atoms with Gasteiger partial charge in [-0.2, -0.15) is 4.98 Å². The molecular weight excluding hydrogens is 430 g/mol. The maximum Gasteiger partial charge on any atom is 0.325 e. The standard InChI is InChI=1S/C22H19N5O4S/c1-13-7-8-17(16(9-13)20(28)15-5-3-4-6-18(15)30-2)26-21(29)27-22-23-11-14(32-22)10-19-24-12-25-31-19/h3-9,11-12H,10H2,1-2H3,(H2,23,26,27,29). The van der Waals surface area contributed by atoms with Crippen LogP contribution in [0.3, 0.4) is 0 Å². The first-order chi connectivity index (χ1) is 15.5. The zero-order valence-electron chi connectivity index (χ0n) is 17.3. The number of rotatable bonds is 7. The van der Waals surface area contributed by atoms with Crippen LogP contribution >= 0.6 is 11.3 Å². The summed E-state index contributed by atoms with van der Waals surface area (Å²) < 4.78 is 10.3. The first-order valence-corrected chi connectivity index (χ1v) is 10.4. The van der Waals surface area contributed by atoms with Crippen molar-refractivity contribution in [2.45, 2.75) is 13.3 Å². The molecule has 0 bridgehead atoms. The van der Waals surface area contributed by atoms with E-state index >= 15 is 0 Å². The molecule has 10 heteroatoms. The van der Waals surface area contributed by atoms with Crippen molar-refractivity contribution in [2.75, 3.05) is 17.7 Å². The van der Waals surface area contributed by atoms with Crippen LogP contribution in [0.4, 0.5) is 15.6 Å². The first-order valence-electron chi connectivity index (χ1n) is 9.60. The summed E-state index contributed by atoms with van der Waals surface area (Å²) in [6.45, 7) is 1.88. The first kappa shape index (κ1) is 21.2. The number of carbonyl (C=O) groups is 2. The molecule has 2 heterocycles. The average Bonchev–Trinajstić information content (AvgIpc) is 3.47. The second kappa shape index (κ2) is 9.40. The molecule has 0 unspecified atom stereocenters. The highest BCUT2D eigenvalue weighted by Gasteiger charge is 2.19. The van der Waals surface area contributed by atoms with Crippen molar-refractivity contribution in [3.05, 3.63) is 82.4 Å². The maximum absolute atomic E-state index is 13.2. The largest absolute Gasteiger partial charge is 0.496 e. The molecule has 4 rings (SSSR count). The number of hydrogen-bond donors (Lipinski definition) is 2. The van der Waals surface area contributed by atoms with Crippen LogP contribution in [0.2, 0.25) is 0 Å². The molecule has 0 saturated carbocycles. The number of para-hydroxylation sites is 1. The molecule has 0 fully saturated rings. The van der Waals surface area contributed by atoms with Gasteiger partial charge in [0.05, 0.1) is 24.8 Å². The molecule has 4 aromatic rings. The van der Waals surface area contributed by atoms with Crippen molar-refractivity contribution < 1.29 is 18.8 Å². The third-order valence-corrected chi connectivity index (χ3v) is 5.44. The highest BCUT2D eigenvalue weighted by Crippen LogP contribution is 2.27. The van der Waals surface area contributed by atoms with Gasteiger partial charge in [0.2, 0.25) is 5.89 Å². The van der Waals surface area contributed by atoms with E-state index in [1.165, 1.54) is 24.8 Å². The van der Waals surface area contributed by atoms with Crippen molar-refractivity contribution in [1.29, 1.82) is 0 Å². The Bertz CT molecular complexity index is 1250. The van der Waals surface area contributed by atoms with Crippen LogP contribution in [0.15, 0.2) is 59.5 Å². The highest BCUT2D eigenvalue weighted by atomic mass is 32.1. The summed E-state index contributed by atoms with van der Waals surface area (Å²) in [7, 11) is 1.51. The number of methoxy groups -OCH3 is 1. The molecule has 162 valence electrons. The molecular formula is C22H19N5O4S. The zero-order valence-corrected chi connectivity index (χ0v) is 18.1. The molecule has 2 N–H and O–H groups in total. The molecule has 0 spiro atoms. The lowest BCUT2D eigenvalue weighted by molar-refractivity contribution is 0.103. The van der Waals surface area contributed by atoms with Gasteiger partial charge in [0, 0.05) is 16.6 Å². The number of ketones is 1. The Morgan fingerprint density at radius 1 is 1.09 bits per heavy atom. The number of carbonyl (C=O) groups excluding carboxylic acids is 2. The highest BCUT2D eigenvalue weighted by molar-refractivity contribution is 7.15. The number of urea groups is 1. The molecule has 0 aliphatic carbocycles. The van der Waals surface area contributed by atoms with Gasteiger partial charge in [-0.05, 0) is 31.2 Å². The lowest BCUT2D eigenvalue weighted by atomic mass is 9.99. The van der Waals surface area contributed by atoms with Gasteiger partial charge in [-0.15, -0.1) is 11.3 Å². The Morgan fingerprint density at radius 2 is 1.94 bits per heavy atom. The van der Waals surface area contributed by atoms with Crippen LogP contribution in [0.1, 0.15) is 32.3 Å². The monoisotopic (exact) mass is 449 g/mol. The minimum absolute atomic E-state index is 0.252. The summed E-state index contributed by atoms with van der Waals surface area (Å²) in [5.74, 6) is 0.673. The van der Waals surface area contributed by atoms with Crippen LogP contribution in [0.25, 0.3) is 0 Å². The van der Waals surface area contributed by atoms with Gasteiger partial charge >= 0.3 is 6.03 Å². The SMILES string of the molecule is COc1ccccc1C(=O)c1cc(C)ccc1NC(=O)Nc1ncc(Cc2ncno2)s1. The molecule has 2 aromatic heterocycles. The maximum atomic E-state index is 13.2. The molecule has 2 amide bonds. The minimum atomic E-state index is -0.512. The van der Waals surface area contributed by atoms with Crippen LogP contribution in [0, 0.1) is 6.92 Å². The quantitative estimate of drug-likeness (QED) is 0.404. The van der Waals surface area contributed by atoms with Crippen LogP contribution < -0.4 is 15.4 Å². The number of aryl methyl sites for hydroxylation is 1. The van der Waals surface area contributed by atoms with E-state index in [2.05, 4.69) is 25.8 Å². The molecule has 32 heavy (non-hydrogen) atoms. The summed E-state index contributed by atoms with van der Waals surface area (Å²) in [6, 6.07) is 11.7. The predicted molar refractivity (Wildman–Crippen MR) is 119 cm³/mol. The van der Waals surface area contributed by atoms with Gasteiger partial charge in [-0.1, -0.05) is 28.9 Å². The number of anilines is 2. The van der Waals surface area contributed by atoms with Gasteiger partial charge in [0.15, 0.2) is 17.2 Å². The lowest BCUT2D eigenvalue weighted by Gasteiger charge is -2.13. The third kappa shape index (κ3) is 4.81. The van der Waals surface area contributed by atoms with Gasteiger partial charge in [-0.25, -0.2) is 9.78 Å². The smallest absolute Gasteiger partial charge is 0.325 e. The van der Waals surface area contributed by atoms with Crippen LogP contribution in [-0.2, 0) is 6.42 Å². The number of aromatic nitrogens is 3. The average molecular weight is 449 g/mol. The number of nitrogens with one attached hydrogen (secondary N) is 2. The number of ether oxygens (including phenoxy) is 1. The van der Waals surface area contributed by atoms with Gasteiger partial charge in [0.25, 0.3) is 0 Å². The summed E-state index contributed by atoms with van der Waals surface area (Å²) in [6.07, 6.45) is 3.39. The number of amides is 2. The van der Waals surface area contributed by atoms with Crippen molar-refractivity contribution in [3.63, 3.8) is 0 Å². The second-order valence-electron chi connectivity index (χ2n) is 6.80. The van der Waals surface area contributed by atoms with E-state index in [1.54, 1.807) is 42.6 Å². The lowest BCUT2D eigenvalue weighted by Crippen LogP contribution is -2.21. The summed E-state index contributed by atoms with van der Waals surface area (Å²) in [5.41, 5.74) is 2.04. The Kier molecular flexibility index (Phi) is 6.22. The fourth-order valence-electron chi connectivity index (χ4n) is 3.05. The number of benzene rings is 2. The molecule has 0 aliphatic rings. The minimum Gasteiger partial charge on any atom is -0.496 e. The third-order valence-electron chi connectivity index (χ3n) is 4.53. The van der Waals surface area contributed by atoms with E-state index in [0.29, 0.717) is 40.0 Å². The molecule has 9 nitrogen and oxygen atoms in total. The predicted octanol–water partition coefficient (Wildman–Crippen LogP) is 4.31. The van der Waals surface area contributed by atoms with Crippen molar-refractivity contribution in [2.24, 2.45) is 0 Å². The molecule has 0 aliphatic heterocycles. The molecule has 0 atom stereocenters. The van der Waals surface area contributed by atoms with Crippen LogP contribution in [-0.4, -0.2) is 34.0 Å². The van der Waals surface area contributed by atoms with Crippen molar-refractivity contribution in [1.82, 2.24) is 15.1 Å². The molecule has 0 radical (unpaired) electrons. The Balaban J connectivity index is 1.50. The van der Waals surface area contributed by atoms with Gasteiger partial charge in [-0.3, -0.25) is 10.1 Å². The van der Waals surface area contributed by atoms with Crippen LogP contribution in [0.5, 0.6) is 5.75 Å². The Morgan fingerprint density at radius 3 is 2.72 bits per heavy atom. The normalized spacial score (nSPS) is 10.6. The van der Waals surface area contributed by atoms with Gasteiger partial charge in [0.1, 0.15) is 5.75 Å². The zero-order chi connectivity index (χ0) is 22.5. The topological polar surface area (TPSA) is 119 Å². The van der Waals surface area contributed by atoms with Crippen molar-refractivity contribution >= 4 is 34.0 Å². The number of nitrogens with zero attached hydrogens (tertiary/aromatic N) is 3. The second-order valence-corrected chi connectivity index (χ2v) is 7.92. The van der Waals surface area contributed by atoms with Crippen molar-refractivity contribution in [3.8, 4) is 5.75 Å². The Labute approximate surface area is 187 Å².